The lowest BCUT2D eigenvalue weighted by molar-refractivity contribution is -0.144. The number of para-hydroxylation sites is 1. The lowest BCUT2D eigenvalue weighted by atomic mass is 10.1. The van der Waals surface area contributed by atoms with Gasteiger partial charge in [0.05, 0.1) is 18.6 Å². The Bertz CT molecular complexity index is 1260. The average Bonchev–Trinajstić information content (AvgIpc) is 3.34. The molecule has 0 aliphatic rings. The Morgan fingerprint density at radius 1 is 1.13 bits per heavy atom. The van der Waals surface area contributed by atoms with Crippen LogP contribution in [0.4, 0.5) is 0 Å². The predicted octanol–water partition coefficient (Wildman–Crippen LogP) is 2.95. The zero-order chi connectivity index (χ0) is 21.3. The van der Waals surface area contributed by atoms with Crippen LogP contribution in [-0.4, -0.2) is 38.1 Å². The Morgan fingerprint density at radius 2 is 1.93 bits per heavy atom. The molecule has 0 radical (unpaired) electrons. The summed E-state index contributed by atoms with van der Waals surface area (Å²) in [6, 6.07) is 7.18. The van der Waals surface area contributed by atoms with Crippen LogP contribution in [-0.2, 0) is 27.3 Å². The number of ether oxygens (including phenoxy) is 2. The van der Waals surface area contributed by atoms with Crippen molar-refractivity contribution in [1.29, 1.82) is 0 Å². The first-order valence-corrected chi connectivity index (χ1v) is 9.48. The van der Waals surface area contributed by atoms with Crippen LogP contribution in [0.3, 0.4) is 0 Å². The number of esters is 2. The second-order valence-electron chi connectivity index (χ2n) is 6.70. The van der Waals surface area contributed by atoms with Crippen molar-refractivity contribution in [3.8, 4) is 0 Å². The lowest BCUT2D eigenvalue weighted by Crippen LogP contribution is -2.14. The van der Waals surface area contributed by atoms with Gasteiger partial charge in [0.1, 0.15) is 18.5 Å². The topological polar surface area (TPSA) is 109 Å². The highest BCUT2D eigenvalue weighted by Gasteiger charge is 2.23. The number of furan rings is 1. The molecule has 0 aliphatic carbocycles. The molecular formula is C21H20N4O5. The van der Waals surface area contributed by atoms with Gasteiger partial charge >= 0.3 is 11.9 Å². The molecule has 0 N–H and O–H groups in total. The largest absolute Gasteiger partial charge is 0.460 e. The molecule has 4 rings (SSSR count). The van der Waals surface area contributed by atoms with Gasteiger partial charge < -0.3 is 13.9 Å². The fourth-order valence-electron chi connectivity index (χ4n) is 3.36. The molecule has 0 unspecified atom stereocenters. The van der Waals surface area contributed by atoms with Crippen molar-refractivity contribution in [2.75, 3.05) is 6.61 Å². The van der Waals surface area contributed by atoms with Crippen molar-refractivity contribution >= 4 is 28.7 Å². The molecule has 1 aromatic carbocycles. The first kappa shape index (κ1) is 19.6. The van der Waals surface area contributed by atoms with E-state index in [-0.39, 0.29) is 25.4 Å². The smallest absolute Gasteiger partial charge is 0.374 e. The first-order valence-electron chi connectivity index (χ1n) is 9.48. The maximum atomic E-state index is 12.6. The van der Waals surface area contributed by atoms with Crippen molar-refractivity contribution in [3.05, 3.63) is 58.9 Å². The SMILES string of the molecule is CCOC(=O)c1oc2ccccc2c1COC(=O)Cc1c(C)nc2ncnn2c1C. The van der Waals surface area contributed by atoms with Crippen LogP contribution in [0, 0.1) is 13.8 Å². The number of aromatic nitrogens is 4. The van der Waals surface area contributed by atoms with E-state index < -0.39 is 11.9 Å². The normalized spacial score (nSPS) is 11.2. The minimum atomic E-state index is -0.590. The predicted molar refractivity (Wildman–Crippen MR) is 106 cm³/mol. The van der Waals surface area contributed by atoms with Gasteiger partial charge in [0.25, 0.3) is 5.78 Å². The van der Waals surface area contributed by atoms with Gasteiger partial charge in [0.2, 0.25) is 5.76 Å². The van der Waals surface area contributed by atoms with Crippen molar-refractivity contribution < 1.29 is 23.5 Å². The van der Waals surface area contributed by atoms with Crippen molar-refractivity contribution in [3.63, 3.8) is 0 Å². The summed E-state index contributed by atoms with van der Waals surface area (Å²) in [5, 5.41) is 4.82. The van der Waals surface area contributed by atoms with E-state index in [0.29, 0.717) is 28.0 Å². The van der Waals surface area contributed by atoms with Crippen LogP contribution in [0.5, 0.6) is 0 Å². The molecule has 4 aromatic rings. The molecule has 0 aliphatic heterocycles. The Labute approximate surface area is 171 Å². The summed E-state index contributed by atoms with van der Waals surface area (Å²) in [5.74, 6) is -0.523. The molecule has 3 aromatic heterocycles. The van der Waals surface area contributed by atoms with Crippen LogP contribution in [0.15, 0.2) is 35.0 Å². The third kappa shape index (κ3) is 3.49. The molecule has 3 heterocycles. The van der Waals surface area contributed by atoms with Crippen LogP contribution in [0.25, 0.3) is 16.7 Å². The van der Waals surface area contributed by atoms with Crippen molar-refractivity contribution in [1.82, 2.24) is 19.6 Å². The number of carbonyl (C=O) groups excluding carboxylic acids is 2. The lowest BCUT2D eigenvalue weighted by Gasteiger charge is -2.10. The van der Waals surface area contributed by atoms with Gasteiger partial charge in [-0.2, -0.15) is 10.1 Å². The van der Waals surface area contributed by atoms with E-state index in [1.807, 2.05) is 26.0 Å². The summed E-state index contributed by atoms with van der Waals surface area (Å²) < 4.78 is 17.8. The minimum absolute atomic E-state index is 0.0188. The number of nitrogens with zero attached hydrogens (tertiary/aromatic N) is 4. The maximum absolute atomic E-state index is 12.6. The highest BCUT2D eigenvalue weighted by atomic mass is 16.5. The van der Waals surface area contributed by atoms with E-state index in [1.165, 1.54) is 6.33 Å². The molecule has 0 amide bonds. The Kier molecular flexibility index (Phi) is 5.18. The summed E-state index contributed by atoms with van der Waals surface area (Å²) in [5.41, 5.74) is 3.19. The number of hydrogen-bond acceptors (Lipinski definition) is 8. The monoisotopic (exact) mass is 408 g/mol. The van der Waals surface area contributed by atoms with Crippen LogP contribution in [0.1, 0.15) is 40.0 Å². The van der Waals surface area contributed by atoms with Crippen LogP contribution in [0.2, 0.25) is 0 Å². The fraction of sp³-hybridized carbons (Fsp3) is 0.286. The summed E-state index contributed by atoms with van der Waals surface area (Å²) in [6.07, 6.45) is 1.43. The molecule has 9 nitrogen and oxygen atoms in total. The zero-order valence-electron chi connectivity index (χ0n) is 16.8. The molecule has 9 heteroatoms. The molecular weight excluding hydrogens is 388 g/mol. The van der Waals surface area contributed by atoms with Gasteiger partial charge in [-0.3, -0.25) is 4.79 Å². The third-order valence-electron chi connectivity index (χ3n) is 4.85. The van der Waals surface area contributed by atoms with E-state index in [0.717, 1.165) is 11.3 Å². The molecule has 0 bridgehead atoms. The average molecular weight is 408 g/mol. The summed E-state index contributed by atoms with van der Waals surface area (Å²) in [7, 11) is 0. The highest BCUT2D eigenvalue weighted by molar-refractivity contribution is 5.96. The molecule has 0 saturated heterocycles. The fourth-order valence-corrected chi connectivity index (χ4v) is 3.36. The van der Waals surface area contributed by atoms with E-state index >= 15 is 0 Å². The number of carbonyl (C=O) groups is 2. The second-order valence-corrected chi connectivity index (χ2v) is 6.70. The molecule has 154 valence electrons. The van der Waals surface area contributed by atoms with Gasteiger partial charge in [0.15, 0.2) is 0 Å². The zero-order valence-corrected chi connectivity index (χ0v) is 16.8. The number of benzene rings is 1. The highest BCUT2D eigenvalue weighted by Crippen LogP contribution is 2.27. The van der Waals surface area contributed by atoms with E-state index in [1.54, 1.807) is 23.6 Å². The van der Waals surface area contributed by atoms with Gasteiger partial charge in [-0.15, -0.1) is 0 Å². The number of aryl methyl sites for hydroxylation is 2. The van der Waals surface area contributed by atoms with Gasteiger partial charge in [-0.1, -0.05) is 18.2 Å². The summed E-state index contributed by atoms with van der Waals surface area (Å²) in [4.78, 5) is 33.3. The summed E-state index contributed by atoms with van der Waals surface area (Å²) >= 11 is 0. The molecule has 0 atom stereocenters. The number of fused-ring (bicyclic) bond motifs is 2. The van der Waals surface area contributed by atoms with Crippen molar-refractivity contribution in [2.24, 2.45) is 0 Å². The molecule has 30 heavy (non-hydrogen) atoms. The van der Waals surface area contributed by atoms with E-state index in [2.05, 4.69) is 15.1 Å². The molecule has 0 fully saturated rings. The first-order chi connectivity index (χ1) is 14.5. The molecule has 0 saturated carbocycles. The van der Waals surface area contributed by atoms with Crippen LogP contribution >= 0.6 is 0 Å². The standard InChI is InChI=1S/C21H20N4O5/c1-4-28-20(27)19-16(14-7-5-6-8-17(14)30-19)10-29-18(26)9-15-12(2)24-21-22-11-23-25(21)13(15)3/h5-8,11H,4,9-10H2,1-3H3. The van der Waals surface area contributed by atoms with Crippen LogP contribution < -0.4 is 0 Å². The van der Waals surface area contributed by atoms with Gasteiger partial charge in [-0.25, -0.2) is 14.3 Å². The number of hydrogen-bond donors (Lipinski definition) is 0. The number of rotatable bonds is 6. The second kappa shape index (κ2) is 7.94. The van der Waals surface area contributed by atoms with Crippen molar-refractivity contribution in [2.45, 2.75) is 33.8 Å². The maximum Gasteiger partial charge on any atom is 0.374 e. The molecule has 0 spiro atoms. The quantitative estimate of drug-likeness (QED) is 0.448. The van der Waals surface area contributed by atoms with E-state index in [4.69, 9.17) is 13.9 Å². The third-order valence-corrected chi connectivity index (χ3v) is 4.85. The summed E-state index contributed by atoms with van der Waals surface area (Å²) in [6.45, 7) is 5.48. The Hall–Kier alpha value is -3.75. The Balaban J connectivity index is 1.57. The Morgan fingerprint density at radius 3 is 2.73 bits per heavy atom. The minimum Gasteiger partial charge on any atom is -0.460 e. The van der Waals surface area contributed by atoms with E-state index in [9.17, 15) is 9.59 Å². The van der Waals surface area contributed by atoms with Gasteiger partial charge in [-0.05, 0) is 26.8 Å². The van der Waals surface area contributed by atoms with Gasteiger partial charge in [0, 0.05) is 22.3 Å².